The molecule has 1 aromatic carbocycles. The van der Waals surface area contributed by atoms with E-state index in [4.69, 9.17) is 4.74 Å². The maximum absolute atomic E-state index is 12.0. The first kappa shape index (κ1) is 14.9. The summed E-state index contributed by atoms with van der Waals surface area (Å²) in [6.45, 7) is 3.10. The molecule has 2 aromatic rings. The van der Waals surface area contributed by atoms with Gasteiger partial charge in [0.05, 0.1) is 6.54 Å². The number of aromatic nitrogens is 2. The Hall–Kier alpha value is -2.63. The summed E-state index contributed by atoms with van der Waals surface area (Å²) < 4.78 is 6.06. The number of ether oxygens (including phenoxy) is 1. The average Bonchev–Trinajstić information content (AvgIpc) is 2.60. The van der Waals surface area contributed by atoms with Crippen LogP contribution in [0, 0.1) is 6.92 Å². The smallest absolute Gasteiger partial charge is 0.270 e. The Morgan fingerprint density at radius 1 is 1.29 bits per heavy atom. The first-order valence-corrected chi connectivity index (χ1v) is 8.35. The van der Waals surface area contributed by atoms with E-state index in [9.17, 15) is 4.79 Å². The van der Waals surface area contributed by atoms with Crippen molar-refractivity contribution in [3.63, 3.8) is 0 Å². The number of anilines is 1. The number of hydrogen-bond donors (Lipinski definition) is 2. The van der Waals surface area contributed by atoms with Crippen LogP contribution < -0.4 is 15.4 Å². The molecular formula is C18H20N4O2. The summed E-state index contributed by atoms with van der Waals surface area (Å²) in [5, 5.41) is 6.21. The second-order valence-electron chi connectivity index (χ2n) is 6.22. The topological polar surface area (TPSA) is 76.1 Å². The monoisotopic (exact) mass is 324 g/mol. The number of nitrogens with zero attached hydrogens (tertiary/aromatic N) is 2. The van der Waals surface area contributed by atoms with E-state index in [2.05, 4.69) is 26.7 Å². The molecule has 124 valence electrons. The predicted octanol–water partition coefficient (Wildman–Crippen LogP) is 1.88. The molecular weight excluding hydrogens is 304 g/mol. The third-order valence-electron chi connectivity index (χ3n) is 4.49. The van der Waals surface area contributed by atoms with E-state index in [0.717, 1.165) is 36.4 Å². The van der Waals surface area contributed by atoms with E-state index in [1.807, 2.05) is 18.2 Å². The van der Waals surface area contributed by atoms with E-state index in [0.29, 0.717) is 24.6 Å². The van der Waals surface area contributed by atoms with Gasteiger partial charge in [-0.05, 0) is 37.8 Å². The van der Waals surface area contributed by atoms with Crippen LogP contribution >= 0.6 is 0 Å². The van der Waals surface area contributed by atoms with Gasteiger partial charge in [0.2, 0.25) is 0 Å². The number of amides is 1. The maximum Gasteiger partial charge on any atom is 0.270 e. The van der Waals surface area contributed by atoms with Crippen LogP contribution in [0.2, 0.25) is 0 Å². The molecule has 0 unspecified atom stereocenters. The van der Waals surface area contributed by atoms with E-state index < -0.39 is 0 Å². The normalized spacial score (nSPS) is 18.9. The molecule has 1 aromatic heterocycles. The first-order valence-electron chi connectivity index (χ1n) is 8.35. The van der Waals surface area contributed by atoms with Gasteiger partial charge in [-0.3, -0.25) is 4.79 Å². The Labute approximate surface area is 140 Å². The summed E-state index contributed by atoms with van der Waals surface area (Å²) in [6.07, 6.45) is 2.84. The number of carbonyl (C=O) groups excluding carboxylic acids is 1. The lowest BCUT2D eigenvalue weighted by Crippen LogP contribution is -2.35. The molecule has 0 aliphatic carbocycles. The van der Waals surface area contributed by atoms with Crippen LogP contribution in [-0.2, 0) is 12.8 Å². The molecule has 2 N–H and O–H groups in total. The Morgan fingerprint density at radius 2 is 2.17 bits per heavy atom. The molecule has 0 bridgehead atoms. The number of benzene rings is 1. The Kier molecular flexibility index (Phi) is 3.80. The first-order chi connectivity index (χ1) is 11.7. The Balaban J connectivity index is 1.50. The number of rotatable bonds is 3. The molecule has 3 heterocycles. The molecule has 0 fully saturated rings. The minimum Gasteiger partial charge on any atom is -0.488 e. The third kappa shape index (κ3) is 2.79. The summed E-state index contributed by atoms with van der Waals surface area (Å²) in [5.74, 6) is 2.21. The van der Waals surface area contributed by atoms with Crippen molar-refractivity contribution >= 4 is 11.7 Å². The van der Waals surface area contributed by atoms with Crippen molar-refractivity contribution in [1.82, 2.24) is 15.3 Å². The molecule has 6 nitrogen and oxygen atoms in total. The number of aryl methyl sites for hydroxylation is 2. The zero-order valence-electron chi connectivity index (χ0n) is 13.6. The van der Waals surface area contributed by atoms with Crippen molar-refractivity contribution in [3.05, 3.63) is 46.9 Å². The minimum atomic E-state index is -0.118. The minimum absolute atomic E-state index is 0.100. The predicted molar refractivity (Wildman–Crippen MR) is 90.5 cm³/mol. The number of hydrogen-bond acceptors (Lipinski definition) is 5. The van der Waals surface area contributed by atoms with Gasteiger partial charge >= 0.3 is 0 Å². The van der Waals surface area contributed by atoms with Crippen molar-refractivity contribution in [3.8, 4) is 5.75 Å². The molecule has 6 heteroatoms. The largest absolute Gasteiger partial charge is 0.488 e. The van der Waals surface area contributed by atoms with E-state index in [1.54, 1.807) is 6.92 Å². The highest BCUT2D eigenvalue weighted by molar-refractivity contribution is 5.95. The van der Waals surface area contributed by atoms with E-state index in [-0.39, 0.29) is 12.0 Å². The summed E-state index contributed by atoms with van der Waals surface area (Å²) in [5.41, 5.74) is 2.66. The number of carbonyl (C=O) groups is 1. The highest BCUT2D eigenvalue weighted by atomic mass is 16.5. The van der Waals surface area contributed by atoms with Gasteiger partial charge < -0.3 is 15.4 Å². The molecule has 1 atom stereocenters. The van der Waals surface area contributed by atoms with Crippen LogP contribution in [0.25, 0.3) is 0 Å². The number of para-hydroxylation sites is 1. The van der Waals surface area contributed by atoms with Crippen molar-refractivity contribution in [1.29, 1.82) is 0 Å². The second kappa shape index (κ2) is 6.11. The van der Waals surface area contributed by atoms with Gasteiger partial charge in [-0.2, -0.15) is 0 Å². The molecule has 24 heavy (non-hydrogen) atoms. The molecule has 2 aliphatic rings. The third-order valence-corrected chi connectivity index (χ3v) is 4.49. The highest BCUT2D eigenvalue weighted by Gasteiger charge is 2.24. The molecule has 0 saturated carbocycles. The number of nitrogens with one attached hydrogen (secondary N) is 2. The molecule has 4 rings (SSSR count). The fraction of sp³-hybridized carbons (Fsp3) is 0.389. The van der Waals surface area contributed by atoms with Crippen LogP contribution in [0.4, 0.5) is 5.82 Å². The standard InChI is InChI=1S/C18H20N4O2/c1-11-21-16-14(8-9-19-18(16)23)17(22-11)20-10-13-7-6-12-4-2-3-5-15(12)24-13/h2-5,13H,6-10H2,1H3,(H,19,23)(H,20,21,22)/t13-/m1/s1. The lowest BCUT2D eigenvalue weighted by molar-refractivity contribution is 0.0940. The van der Waals surface area contributed by atoms with E-state index >= 15 is 0 Å². The van der Waals surface area contributed by atoms with Crippen molar-refractivity contribution < 1.29 is 9.53 Å². The summed E-state index contributed by atoms with van der Waals surface area (Å²) in [7, 11) is 0. The molecule has 0 spiro atoms. The zero-order valence-corrected chi connectivity index (χ0v) is 13.6. The average molecular weight is 324 g/mol. The molecule has 1 amide bonds. The van der Waals surface area contributed by atoms with Crippen molar-refractivity contribution in [2.45, 2.75) is 32.3 Å². The number of fused-ring (bicyclic) bond motifs is 2. The molecule has 0 radical (unpaired) electrons. The zero-order chi connectivity index (χ0) is 16.5. The summed E-state index contributed by atoms with van der Waals surface area (Å²) in [4.78, 5) is 20.8. The van der Waals surface area contributed by atoms with E-state index in [1.165, 1.54) is 5.56 Å². The van der Waals surface area contributed by atoms with Gasteiger partial charge in [-0.1, -0.05) is 18.2 Å². The van der Waals surface area contributed by atoms with Crippen LogP contribution in [0.5, 0.6) is 5.75 Å². The lowest BCUT2D eigenvalue weighted by atomic mass is 10.0. The van der Waals surface area contributed by atoms with Crippen LogP contribution in [0.1, 0.15) is 33.9 Å². The van der Waals surface area contributed by atoms with Crippen LogP contribution in [0.15, 0.2) is 24.3 Å². The van der Waals surface area contributed by atoms with Gasteiger partial charge in [0.25, 0.3) is 5.91 Å². The Bertz CT molecular complexity index is 791. The SMILES string of the molecule is Cc1nc(NC[C@H]2CCc3ccccc3O2)c2c(n1)C(=O)NCC2. The second-order valence-corrected chi connectivity index (χ2v) is 6.22. The van der Waals surface area contributed by atoms with Crippen LogP contribution in [0.3, 0.4) is 0 Å². The molecule has 2 aliphatic heterocycles. The van der Waals surface area contributed by atoms with Gasteiger partial charge in [-0.15, -0.1) is 0 Å². The lowest BCUT2D eigenvalue weighted by Gasteiger charge is -2.27. The fourth-order valence-corrected chi connectivity index (χ4v) is 3.29. The Morgan fingerprint density at radius 3 is 3.08 bits per heavy atom. The summed E-state index contributed by atoms with van der Waals surface area (Å²) in [6, 6.07) is 8.17. The van der Waals surface area contributed by atoms with Gasteiger partial charge in [-0.25, -0.2) is 9.97 Å². The maximum atomic E-state index is 12.0. The fourth-order valence-electron chi connectivity index (χ4n) is 3.29. The van der Waals surface area contributed by atoms with Crippen molar-refractivity contribution in [2.24, 2.45) is 0 Å². The quantitative estimate of drug-likeness (QED) is 0.901. The highest BCUT2D eigenvalue weighted by Crippen LogP contribution is 2.27. The van der Waals surface area contributed by atoms with Crippen LogP contribution in [-0.4, -0.2) is 35.1 Å². The van der Waals surface area contributed by atoms with Gasteiger partial charge in [0.1, 0.15) is 29.2 Å². The summed E-state index contributed by atoms with van der Waals surface area (Å²) >= 11 is 0. The van der Waals surface area contributed by atoms with Gasteiger partial charge in [0, 0.05) is 12.1 Å². The van der Waals surface area contributed by atoms with Crippen molar-refractivity contribution in [2.75, 3.05) is 18.4 Å². The molecule has 0 saturated heterocycles. The van der Waals surface area contributed by atoms with Gasteiger partial charge in [0.15, 0.2) is 0 Å².